The number of aromatic carboxylic acids is 1. The number of aryl methyl sites for hydroxylation is 2. The third kappa shape index (κ3) is 31.3. The van der Waals surface area contributed by atoms with Crippen LogP contribution >= 0.6 is 0 Å². The predicted octanol–water partition coefficient (Wildman–Crippen LogP) is 3.91. The average molecular weight is 1510 g/mol. The summed E-state index contributed by atoms with van der Waals surface area (Å²) in [4.78, 5) is 60.3. The number of carboxylic acids is 1. The molecule has 2 amide bonds. The highest BCUT2D eigenvalue weighted by Crippen LogP contribution is 2.39. The lowest BCUT2D eigenvalue weighted by Crippen LogP contribution is -2.29. The van der Waals surface area contributed by atoms with Gasteiger partial charge in [-0.3, -0.25) is 19.2 Å². The number of nitrogens with two attached hydrogens (primary N) is 3. The van der Waals surface area contributed by atoms with Gasteiger partial charge in [0.15, 0.2) is 11.6 Å². The lowest BCUT2D eigenvalue weighted by molar-refractivity contribution is -0.0111. The Morgan fingerprint density at radius 3 is 1.11 bits per heavy atom. The van der Waals surface area contributed by atoms with Crippen molar-refractivity contribution in [3.05, 3.63) is 141 Å². The standard InChI is InChI=1S/C38H56BN5O9.C31H49N5O7.C7H7BO4/c1-28-36-34(25-38(2,3)26-35(36)45)44(43-28)31-10-11-32(37(40)46)33(24-31)42-13-5-15-50-17-19-52-21-23-53-22-20-51-18-16-49-14-4-12-41-27-29-6-8-30(9-7-29)39(47)48;1-23-29-27(21-31(2,3)22-28(29)37)36(35-23)24-6-7-25(30(33)38)26(20-24)34-9-5-11-40-13-15-42-17-19-43-18-16-41-14-12-39-10-4-8-32;9-7(10)5-1-3-6(4-2-5)8(11)12/h6-11,24,41-42,47-48H,4-5,12-23,25-27H2,1-3H3,(H2,40,46);6-7,20,34H,4-5,8-19,21-22,32H2,1-3H3,(H2,33,38);1-4,11-12H,(H,9,10). The third-order valence-electron chi connectivity index (χ3n) is 17.2. The number of primary amides is 2. The number of hydrogen-bond acceptors (Lipinski definition) is 25. The number of fused-ring (bicyclic) bond motifs is 2. The second kappa shape index (κ2) is 47.9. The monoisotopic (exact) mass is 1510 g/mol. The second-order valence-electron chi connectivity index (χ2n) is 27.5. The van der Waals surface area contributed by atoms with Gasteiger partial charge in [0, 0.05) is 70.3 Å². The van der Waals surface area contributed by atoms with Crippen LogP contribution in [0.2, 0.25) is 0 Å². The maximum Gasteiger partial charge on any atom is 0.488 e. The van der Waals surface area contributed by atoms with Crippen molar-refractivity contribution in [2.75, 3.05) is 169 Å². The summed E-state index contributed by atoms with van der Waals surface area (Å²) in [5, 5.41) is 63.4. The van der Waals surface area contributed by atoms with E-state index < -0.39 is 32.0 Å². The molecule has 4 aromatic carbocycles. The first-order valence-corrected chi connectivity index (χ1v) is 36.8. The van der Waals surface area contributed by atoms with Crippen molar-refractivity contribution in [1.82, 2.24) is 24.9 Å². The number of rotatable bonds is 50. The SMILES string of the molecule is Cc1nn(-c2ccc(C(N)=O)c(NCCCOCCOCCOCCOCCOCCCN)c2)c2c1C(=O)CC(C)(C)C2.Cc1nn(-c2ccc(C(N)=O)c(NCCCOCCOCCOCCOCCOCCCNCc3ccc(B(O)O)cc3)c2)c2c1C(=O)CC(C)(C)C2.O=C(O)c1ccc(B(O)O)cc1. The summed E-state index contributed by atoms with van der Waals surface area (Å²) in [7, 11) is -2.99. The highest BCUT2D eigenvalue weighted by atomic mass is 16.6. The van der Waals surface area contributed by atoms with Crippen molar-refractivity contribution in [3.63, 3.8) is 0 Å². The zero-order valence-corrected chi connectivity index (χ0v) is 63.5. The van der Waals surface area contributed by atoms with Crippen LogP contribution in [0.4, 0.5) is 11.4 Å². The molecule has 30 nitrogen and oxygen atoms in total. The van der Waals surface area contributed by atoms with Gasteiger partial charge in [0.25, 0.3) is 11.8 Å². The zero-order valence-electron chi connectivity index (χ0n) is 63.5. The average Bonchev–Trinajstić information content (AvgIpc) is 1.61. The first-order chi connectivity index (χ1) is 51.9. The van der Waals surface area contributed by atoms with Crippen LogP contribution in [-0.4, -0.2) is 247 Å². The fourth-order valence-electron chi connectivity index (χ4n) is 11.8. The summed E-state index contributed by atoms with van der Waals surface area (Å²) in [6, 6.07) is 23.3. The first-order valence-electron chi connectivity index (χ1n) is 36.8. The number of nitrogens with one attached hydrogen (secondary N) is 3. The number of carboxylic acid groups (broad SMARTS) is 1. The summed E-state index contributed by atoms with van der Waals surface area (Å²) in [5.74, 6) is -1.83. The van der Waals surface area contributed by atoms with Gasteiger partial charge < -0.3 is 106 Å². The van der Waals surface area contributed by atoms with E-state index in [1.165, 1.54) is 24.3 Å². The molecule has 0 atom stereocenters. The van der Waals surface area contributed by atoms with Gasteiger partial charge in [-0.2, -0.15) is 10.2 Å². The minimum atomic E-state index is -1.55. The number of benzene rings is 4. The van der Waals surface area contributed by atoms with E-state index in [4.69, 9.17) is 89.8 Å². The van der Waals surface area contributed by atoms with Crippen LogP contribution in [0, 0.1) is 24.7 Å². The van der Waals surface area contributed by atoms with Crippen molar-refractivity contribution in [2.45, 2.75) is 99.5 Å². The van der Waals surface area contributed by atoms with Gasteiger partial charge in [-0.15, -0.1) is 0 Å². The maximum atomic E-state index is 12.9. The molecule has 32 heteroatoms. The van der Waals surface area contributed by atoms with Crippen LogP contribution < -0.4 is 44.1 Å². The molecule has 0 bridgehead atoms. The fourth-order valence-corrected chi connectivity index (χ4v) is 11.8. The molecule has 108 heavy (non-hydrogen) atoms. The van der Waals surface area contributed by atoms with Gasteiger partial charge in [0.1, 0.15) is 0 Å². The van der Waals surface area contributed by atoms with E-state index >= 15 is 0 Å². The third-order valence-corrected chi connectivity index (χ3v) is 17.2. The molecule has 2 aromatic heterocycles. The Morgan fingerprint density at radius 1 is 0.463 bits per heavy atom. The molecule has 0 saturated carbocycles. The van der Waals surface area contributed by atoms with Crippen molar-refractivity contribution < 1.29 is 96.5 Å². The Balaban J connectivity index is 0.000000296. The summed E-state index contributed by atoms with van der Waals surface area (Å²) in [6.45, 7) is 25.8. The van der Waals surface area contributed by atoms with E-state index in [0.29, 0.717) is 222 Å². The van der Waals surface area contributed by atoms with E-state index in [1.807, 2.05) is 59.6 Å². The Kier molecular flexibility index (Phi) is 39.5. The quantitative estimate of drug-likeness (QED) is 0.0190. The van der Waals surface area contributed by atoms with Gasteiger partial charge in [0.05, 0.1) is 168 Å². The molecule has 0 fully saturated rings. The topological polar surface area (TPSA) is 429 Å². The van der Waals surface area contributed by atoms with Crippen LogP contribution in [0.5, 0.6) is 0 Å². The van der Waals surface area contributed by atoms with E-state index in [9.17, 15) is 24.0 Å². The van der Waals surface area contributed by atoms with Crippen LogP contribution in [-0.2, 0) is 66.8 Å². The summed E-state index contributed by atoms with van der Waals surface area (Å²) in [5.41, 5.74) is 26.6. The van der Waals surface area contributed by atoms with Gasteiger partial charge in [-0.25, -0.2) is 14.2 Å². The molecule has 0 spiro atoms. The highest BCUT2D eigenvalue weighted by molar-refractivity contribution is 6.59. The zero-order chi connectivity index (χ0) is 78.3. The summed E-state index contributed by atoms with van der Waals surface area (Å²) >= 11 is 0. The normalized spacial score (nSPS) is 13.4. The number of hydrogen-bond donors (Lipinski definition) is 11. The molecule has 0 saturated heterocycles. The predicted molar refractivity (Wildman–Crippen MR) is 410 cm³/mol. The summed E-state index contributed by atoms with van der Waals surface area (Å²) < 4.78 is 59.0. The first kappa shape index (κ1) is 89.0. The Labute approximate surface area is 633 Å². The molecule has 8 rings (SSSR count). The van der Waals surface area contributed by atoms with Crippen molar-refractivity contribution in [2.24, 2.45) is 28.0 Å². The number of ether oxygens (including phenoxy) is 10. The van der Waals surface area contributed by atoms with Gasteiger partial charge in [-0.1, -0.05) is 64.1 Å². The number of Topliss-reactive ketones (excluding diaryl/α,β-unsaturated/α-hetero) is 2. The van der Waals surface area contributed by atoms with Crippen molar-refractivity contribution in [3.8, 4) is 11.4 Å². The van der Waals surface area contributed by atoms with E-state index in [0.717, 1.165) is 72.7 Å². The van der Waals surface area contributed by atoms with E-state index in [2.05, 4.69) is 53.8 Å². The van der Waals surface area contributed by atoms with Crippen LogP contribution in [0.25, 0.3) is 11.4 Å². The second-order valence-corrected chi connectivity index (χ2v) is 27.5. The molecule has 0 unspecified atom stereocenters. The van der Waals surface area contributed by atoms with Crippen molar-refractivity contribution in [1.29, 1.82) is 0 Å². The Hall–Kier alpha value is -7.86. The Bertz CT molecular complexity index is 3710. The minimum absolute atomic E-state index is 0.118. The number of aromatic nitrogens is 4. The number of amides is 2. The number of carbonyl (C=O) groups excluding carboxylic acids is 4. The molecule has 2 aliphatic carbocycles. The van der Waals surface area contributed by atoms with Crippen LogP contribution in [0.3, 0.4) is 0 Å². The van der Waals surface area contributed by atoms with Gasteiger partial charge >= 0.3 is 20.2 Å². The molecule has 0 aliphatic heterocycles. The largest absolute Gasteiger partial charge is 0.488 e. The van der Waals surface area contributed by atoms with Crippen molar-refractivity contribution >= 4 is 65.9 Å². The number of nitrogens with zero attached hydrogens (tertiary/aromatic N) is 4. The molecular formula is C76H112B2N10O20. The minimum Gasteiger partial charge on any atom is -0.478 e. The lowest BCUT2D eigenvalue weighted by atomic mass is 9.75. The van der Waals surface area contributed by atoms with Crippen LogP contribution in [0.15, 0.2) is 84.9 Å². The van der Waals surface area contributed by atoms with Gasteiger partial charge in [0.2, 0.25) is 0 Å². The molecular weight excluding hydrogens is 1390 g/mol. The smallest absolute Gasteiger partial charge is 0.478 e. The van der Waals surface area contributed by atoms with Gasteiger partial charge in [-0.05, 0) is 141 Å². The Morgan fingerprint density at radius 2 is 0.787 bits per heavy atom. The molecule has 2 aliphatic rings. The van der Waals surface area contributed by atoms with Crippen LogP contribution in [0.1, 0.15) is 146 Å². The molecule has 0 radical (unpaired) electrons. The highest BCUT2D eigenvalue weighted by Gasteiger charge is 2.37. The number of anilines is 2. The number of carbonyl (C=O) groups is 5. The molecule has 2 heterocycles. The number of ketones is 2. The lowest BCUT2D eigenvalue weighted by Gasteiger charge is -2.29. The van der Waals surface area contributed by atoms with E-state index in [-0.39, 0.29) is 33.4 Å². The molecule has 6 aromatic rings. The fraction of sp³-hybridized carbons (Fsp3) is 0.539. The molecule has 14 N–H and O–H groups in total. The molecule has 592 valence electrons. The van der Waals surface area contributed by atoms with E-state index in [1.54, 1.807) is 24.3 Å². The summed E-state index contributed by atoms with van der Waals surface area (Å²) in [6.07, 6.45) is 5.66. The maximum absolute atomic E-state index is 12.9.